The van der Waals surface area contributed by atoms with E-state index in [0.29, 0.717) is 6.42 Å². The summed E-state index contributed by atoms with van der Waals surface area (Å²) in [6.45, 7) is 0. The molecule has 0 fully saturated rings. The van der Waals surface area contributed by atoms with Gasteiger partial charge in [-0.15, -0.1) is 0 Å². The van der Waals surface area contributed by atoms with Gasteiger partial charge in [-0.1, -0.05) is 0 Å². The van der Waals surface area contributed by atoms with Crippen LogP contribution in [0.15, 0.2) is 12.5 Å². The molecule has 0 saturated carbocycles. The van der Waals surface area contributed by atoms with Crippen LogP contribution in [0, 0.1) is 0 Å². The third-order valence-electron chi connectivity index (χ3n) is 1.49. The number of nitrogens with zero attached hydrogens (tertiary/aromatic N) is 2. The molecular weight excluding hydrogens is 400 g/mol. The number of nitrogens with one attached hydrogen (secondary N) is 1. The summed E-state index contributed by atoms with van der Waals surface area (Å²) in [5, 5.41) is 8.86. The van der Waals surface area contributed by atoms with Gasteiger partial charge in [0.2, 0.25) is 0 Å². The summed E-state index contributed by atoms with van der Waals surface area (Å²) < 4.78 is 1.61. The van der Waals surface area contributed by atoms with Crippen molar-refractivity contribution in [1.29, 1.82) is 0 Å². The molecule has 0 bridgehead atoms. The Balaban J connectivity index is 2.63. The van der Waals surface area contributed by atoms with Gasteiger partial charge in [0.15, 0.2) is 0 Å². The van der Waals surface area contributed by atoms with Crippen molar-refractivity contribution in [1.82, 2.24) is 11.3 Å². The zero-order valence-electron chi connectivity index (χ0n) is 6.44. The standard InChI is InChI=1S/C6H7I2N3O2/c7-11(8)5(6(12)13)1-4-2-9-3-10-4/h2-3,5H,1H2,(H,9,10)(H,12,13). The van der Waals surface area contributed by atoms with E-state index in [4.69, 9.17) is 5.11 Å². The van der Waals surface area contributed by atoms with Crippen LogP contribution < -0.4 is 0 Å². The molecule has 0 aliphatic heterocycles. The Kier molecular flexibility index (Phi) is 4.38. The van der Waals surface area contributed by atoms with Crippen molar-refractivity contribution in [2.24, 2.45) is 0 Å². The van der Waals surface area contributed by atoms with Gasteiger partial charge in [-0.25, -0.2) is 4.98 Å². The van der Waals surface area contributed by atoms with Gasteiger partial charge >= 0.3 is 5.97 Å². The van der Waals surface area contributed by atoms with Crippen molar-refractivity contribution in [3.63, 3.8) is 0 Å². The van der Waals surface area contributed by atoms with Crippen molar-refractivity contribution < 1.29 is 9.90 Å². The number of imidazole rings is 1. The zero-order valence-corrected chi connectivity index (χ0v) is 10.8. The second kappa shape index (κ2) is 5.10. The van der Waals surface area contributed by atoms with Crippen molar-refractivity contribution in [3.8, 4) is 0 Å². The van der Waals surface area contributed by atoms with Crippen LogP contribution in [-0.4, -0.2) is 28.4 Å². The van der Waals surface area contributed by atoms with Gasteiger partial charge in [-0.3, -0.25) is 4.79 Å². The molecule has 0 spiro atoms. The summed E-state index contributed by atoms with van der Waals surface area (Å²) >= 11 is 3.90. The fourth-order valence-corrected chi connectivity index (χ4v) is 1.71. The highest BCUT2D eigenvalue weighted by atomic mass is 127. The van der Waals surface area contributed by atoms with Gasteiger partial charge in [0.25, 0.3) is 0 Å². The van der Waals surface area contributed by atoms with Gasteiger partial charge in [0.1, 0.15) is 6.04 Å². The molecule has 5 nitrogen and oxygen atoms in total. The summed E-state index contributed by atoms with van der Waals surface area (Å²) in [7, 11) is 0. The van der Waals surface area contributed by atoms with E-state index in [0.717, 1.165) is 5.69 Å². The van der Waals surface area contributed by atoms with Gasteiger partial charge in [-0.2, -0.15) is 1.33 Å². The van der Waals surface area contributed by atoms with Crippen LogP contribution in [0.2, 0.25) is 0 Å². The minimum Gasteiger partial charge on any atom is -0.480 e. The Morgan fingerprint density at radius 1 is 1.77 bits per heavy atom. The number of carboxylic acid groups (broad SMARTS) is 1. The van der Waals surface area contributed by atoms with E-state index in [-0.39, 0.29) is 0 Å². The highest BCUT2D eigenvalue weighted by Gasteiger charge is 2.22. The smallest absolute Gasteiger partial charge is 0.323 e. The normalized spacial score (nSPS) is 13.2. The Morgan fingerprint density at radius 3 is 2.85 bits per heavy atom. The van der Waals surface area contributed by atoms with Crippen LogP contribution in [0.5, 0.6) is 0 Å². The lowest BCUT2D eigenvalue weighted by molar-refractivity contribution is -0.139. The first-order valence-corrected chi connectivity index (χ1v) is 5.35. The van der Waals surface area contributed by atoms with Crippen molar-refractivity contribution in [2.45, 2.75) is 12.5 Å². The molecule has 1 aromatic heterocycles. The van der Waals surface area contributed by atoms with Gasteiger partial charge in [0.05, 0.1) is 6.33 Å². The molecule has 0 saturated heterocycles. The molecular formula is C6H7I2N3O2. The van der Waals surface area contributed by atoms with E-state index >= 15 is 0 Å². The summed E-state index contributed by atoms with van der Waals surface area (Å²) in [6.07, 6.45) is 3.60. The lowest BCUT2D eigenvalue weighted by atomic mass is 10.2. The van der Waals surface area contributed by atoms with Gasteiger partial charge < -0.3 is 10.1 Å². The number of hydrogen-bond donors (Lipinski definition) is 2. The topological polar surface area (TPSA) is 69.2 Å². The van der Waals surface area contributed by atoms with E-state index < -0.39 is 12.0 Å². The van der Waals surface area contributed by atoms with Crippen molar-refractivity contribution in [3.05, 3.63) is 18.2 Å². The van der Waals surface area contributed by atoms with Crippen molar-refractivity contribution >= 4 is 51.7 Å². The Labute approximate surface area is 103 Å². The van der Waals surface area contributed by atoms with Crippen LogP contribution in [0.3, 0.4) is 0 Å². The Bertz CT molecular complexity index is 275. The first-order valence-electron chi connectivity index (χ1n) is 3.42. The maximum Gasteiger partial charge on any atom is 0.323 e. The molecule has 0 radical (unpaired) electrons. The predicted octanol–water partition coefficient (Wildman–Crippen LogP) is 1.41. The third kappa shape index (κ3) is 3.38. The molecule has 0 aromatic carbocycles. The quantitative estimate of drug-likeness (QED) is 0.586. The predicted molar refractivity (Wildman–Crippen MR) is 63.6 cm³/mol. The molecule has 72 valence electrons. The number of aromatic nitrogens is 2. The first kappa shape index (κ1) is 11.2. The average Bonchev–Trinajstić information content (AvgIpc) is 2.50. The molecule has 1 atom stereocenters. The third-order valence-corrected chi connectivity index (χ3v) is 2.83. The molecule has 13 heavy (non-hydrogen) atoms. The Morgan fingerprint density at radius 2 is 2.46 bits per heavy atom. The molecule has 0 aliphatic rings. The number of carbonyl (C=O) groups is 1. The number of aliphatic carboxylic acids is 1. The van der Waals surface area contributed by atoms with Crippen molar-refractivity contribution in [2.75, 3.05) is 0 Å². The maximum atomic E-state index is 10.8. The molecule has 0 aliphatic carbocycles. The van der Waals surface area contributed by atoms with Gasteiger partial charge in [-0.05, 0) is 0 Å². The number of aromatic amines is 1. The maximum absolute atomic E-state index is 10.8. The lowest BCUT2D eigenvalue weighted by Crippen LogP contribution is -2.30. The van der Waals surface area contributed by atoms with E-state index in [1.54, 1.807) is 13.9 Å². The van der Waals surface area contributed by atoms with E-state index in [2.05, 4.69) is 9.97 Å². The molecule has 2 N–H and O–H groups in total. The summed E-state index contributed by atoms with van der Waals surface area (Å²) in [4.78, 5) is 17.5. The average molecular weight is 407 g/mol. The number of hydrogen-bond acceptors (Lipinski definition) is 3. The summed E-state index contributed by atoms with van der Waals surface area (Å²) in [5.41, 5.74) is 0.825. The molecule has 7 heteroatoms. The van der Waals surface area contributed by atoms with E-state index in [1.165, 1.54) is 0 Å². The lowest BCUT2D eigenvalue weighted by Gasteiger charge is -2.14. The fourth-order valence-electron chi connectivity index (χ4n) is 0.844. The molecule has 1 aromatic rings. The molecule has 1 heterocycles. The second-order valence-electron chi connectivity index (χ2n) is 2.39. The number of rotatable bonds is 4. The van der Waals surface area contributed by atoms with Crippen LogP contribution >= 0.6 is 45.7 Å². The Hall–Kier alpha value is 0.1000. The minimum absolute atomic E-state index is 0.432. The zero-order chi connectivity index (χ0) is 9.84. The minimum atomic E-state index is -0.835. The monoisotopic (exact) mass is 407 g/mol. The molecule has 1 rings (SSSR count). The molecule has 0 amide bonds. The summed E-state index contributed by atoms with van der Waals surface area (Å²) in [5.74, 6) is -0.835. The number of H-pyrrole nitrogens is 1. The van der Waals surface area contributed by atoms with Gasteiger partial charge in [0, 0.05) is 64.0 Å². The fraction of sp³-hybridized carbons (Fsp3) is 0.333. The van der Waals surface area contributed by atoms with Crippen LogP contribution in [0.25, 0.3) is 0 Å². The van der Waals surface area contributed by atoms with E-state index in [1.807, 2.05) is 45.7 Å². The van der Waals surface area contributed by atoms with Crippen LogP contribution in [0.1, 0.15) is 5.69 Å². The summed E-state index contributed by atoms with van der Waals surface area (Å²) in [6, 6.07) is -0.526. The van der Waals surface area contributed by atoms with Crippen LogP contribution in [0.4, 0.5) is 0 Å². The highest BCUT2D eigenvalue weighted by molar-refractivity contribution is 14.2. The number of halogens is 2. The molecule has 1 unspecified atom stereocenters. The SMILES string of the molecule is O=C(O)C(Cc1cnc[nH]1)N(I)I. The van der Waals surface area contributed by atoms with E-state index in [9.17, 15) is 4.79 Å². The second-order valence-corrected chi connectivity index (χ2v) is 6.32. The largest absolute Gasteiger partial charge is 0.480 e. The number of carboxylic acids is 1. The first-order chi connectivity index (χ1) is 6.11. The van der Waals surface area contributed by atoms with Crippen LogP contribution in [-0.2, 0) is 11.2 Å². The highest BCUT2D eigenvalue weighted by Crippen LogP contribution is 2.16.